The number of rotatable bonds is 3. The number of hydrogen-bond acceptors (Lipinski definition) is 3. The molecule has 0 bridgehead atoms. The van der Waals surface area contributed by atoms with Gasteiger partial charge in [-0.2, -0.15) is 0 Å². The smallest absolute Gasteiger partial charge is 0.248 e. The van der Waals surface area contributed by atoms with E-state index >= 15 is 0 Å². The lowest BCUT2D eigenvalue weighted by atomic mass is 10.2. The van der Waals surface area contributed by atoms with E-state index in [0.29, 0.717) is 19.7 Å². The van der Waals surface area contributed by atoms with Gasteiger partial charge in [-0.3, -0.25) is 4.79 Å². The minimum absolute atomic E-state index is 0.0595. The van der Waals surface area contributed by atoms with Crippen molar-refractivity contribution < 1.29 is 14.3 Å². The predicted octanol–water partition coefficient (Wildman–Crippen LogP) is 0.270. The Morgan fingerprint density at radius 2 is 2.46 bits per heavy atom. The number of carbonyl (C=O) groups excluding carboxylic acids is 1. The maximum absolute atomic E-state index is 11.4. The molecule has 0 aromatic rings. The molecular weight excluding hydrogens is 170 g/mol. The molecule has 0 radical (unpaired) electrons. The monoisotopic (exact) mass is 187 g/mol. The van der Waals surface area contributed by atoms with E-state index in [9.17, 15) is 4.79 Å². The summed E-state index contributed by atoms with van der Waals surface area (Å²) in [6.07, 6.45) is 1.16. The quantitative estimate of drug-likeness (QED) is 0.636. The van der Waals surface area contributed by atoms with Crippen LogP contribution in [0.1, 0.15) is 13.3 Å². The molecule has 1 unspecified atom stereocenters. The zero-order chi connectivity index (χ0) is 9.68. The number of methoxy groups -OCH3 is 1. The molecule has 4 heteroatoms. The van der Waals surface area contributed by atoms with E-state index in [1.807, 2.05) is 0 Å². The second-order valence-corrected chi connectivity index (χ2v) is 3.17. The predicted molar refractivity (Wildman–Crippen MR) is 48.5 cm³/mol. The van der Waals surface area contributed by atoms with Crippen LogP contribution in [0.5, 0.6) is 0 Å². The van der Waals surface area contributed by atoms with Crippen LogP contribution in [0, 0.1) is 0 Å². The topological polar surface area (TPSA) is 38.8 Å². The Morgan fingerprint density at radius 3 is 3.08 bits per heavy atom. The van der Waals surface area contributed by atoms with E-state index in [1.54, 1.807) is 4.90 Å². The van der Waals surface area contributed by atoms with Crippen molar-refractivity contribution in [2.24, 2.45) is 0 Å². The third-order valence-corrected chi connectivity index (χ3v) is 2.21. The van der Waals surface area contributed by atoms with Crippen LogP contribution in [-0.2, 0) is 14.3 Å². The average molecular weight is 187 g/mol. The molecule has 0 aromatic heterocycles. The van der Waals surface area contributed by atoms with Gasteiger partial charge < -0.3 is 14.4 Å². The Bertz CT molecular complexity index is 172. The van der Waals surface area contributed by atoms with E-state index in [-0.39, 0.29) is 18.6 Å². The molecule has 1 rings (SSSR count). The van der Waals surface area contributed by atoms with Gasteiger partial charge in [-0.1, -0.05) is 6.92 Å². The minimum atomic E-state index is 0.0595. The van der Waals surface area contributed by atoms with Gasteiger partial charge in [-0.15, -0.1) is 0 Å². The largest absolute Gasteiger partial charge is 0.375 e. The van der Waals surface area contributed by atoms with Crippen LogP contribution in [0.4, 0.5) is 0 Å². The SMILES string of the molecule is CCC1CN(C(=O)COC)CCO1. The molecule has 0 aliphatic carbocycles. The highest BCUT2D eigenvalue weighted by Crippen LogP contribution is 2.08. The van der Waals surface area contributed by atoms with Crippen molar-refractivity contribution in [3.05, 3.63) is 0 Å². The summed E-state index contributed by atoms with van der Waals surface area (Å²) in [5.74, 6) is 0.0595. The van der Waals surface area contributed by atoms with Crippen LogP contribution < -0.4 is 0 Å². The standard InChI is InChI=1S/C9H17NO3/c1-3-8-6-10(4-5-13-8)9(11)7-12-2/h8H,3-7H2,1-2H3. The Morgan fingerprint density at radius 1 is 1.69 bits per heavy atom. The highest BCUT2D eigenvalue weighted by molar-refractivity contribution is 5.77. The zero-order valence-corrected chi connectivity index (χ0v) is 8.28. The van der Waals surface area contributed by atoms with Gasteiger partial charge in [0.05, 0.1) is 12.7 Å². The van der Waals surface area contributed by atoms with Gasteiger partial charge in [-0.05, 0) is 6.42 Å². The number of amides is 1. The van der Waals surface area contributed by atoms with Crippen molar-refractivity contribution >= 4 is 5.91 Å². The second-order valence-electron chi connectivity index (χ2n) is 3.17. The summed E-state index contributed by atoms with van der Waals surface area (Å²) in [6, 6.07) is 0. The average Bonchev–Trinajstić information content (AvgIpc) is 2.18. The van der Waals surface area contributed by atoms with Gasteiger partial charge >= 0.3 is 0 Å². The fourth-order valence-electron chi connectivity index (χ4n) is 1.41. The highest BCUT2D eigenvalue weighted by Gasteiger charge is 2.22. The van der Waals surface area contributed by atoms with Crippen molar-refractivity contribution in [2.45, 2.75) is 19.4 Å². The fraction of sp³-hybridized carbons (Fsp3) is 0.889. The third-order valence-electron chi connectivity index (χ3n) is 2.21. The van der Waals surface area contributed by atoms with Gasteiger partial charge in [0.2, 0.25) is 5.91 Å². The molecule has 0 aromatic carbocycles. The van der Waals surface area contributed by atoms with E-state index in [2.05, 4.69) is 6.92 Å². The number of ether oxygens (including phenoxy) is 2. The Labute approximate surface area is 78.8 Å². The molecule has 0 N–H and O–H groups in total. The lowest BCUT2D eigenvalue weighted by molar-refractivity contribution is -0.142. The summed E-state index contributed by atoms with van der Waals surface area (Å²) >= 11 is 0. The van der Waals surface area contributed by atoms with E-state index in [4.69, 9.17) is 9.47 Å². The van der Waals surface area contributed by atoms with Gasteiger partial charge in [0.15, 0.2) is 0 Å². The van der Waals surface area contributed by atoms with Gasteiger partial charge in [0.1, 0.15) is 6.61 Å². The molecule has 76 valence electrons. The summed E-state index contributed by atoms with van der Waals surface area (Å²) in [7, 11) is 1.54. The van der Waals surface area contributed by atoms with Gasteiger partial charge in [-0.25, -0.2) is 0 Å². The summed E-state index contributed by atoms with van der Waals surface area (Å²) in [4.78, 5) is 13.2. The lowest BCUT2D eigenvalue weighted by Crippen LogP contribution is -2.46. The van der Waals surface area contributed by atoms with Crippen molar-refractivity contribution in [3.8, 4) is 0 Å². The van der Waals surface area contributed by atoms with Crippen LogP contribution in [0.3, 0.4) is 0 Å². The molecule has 1 saturated heterocycles. The maximum atomic E-state index is 11.4. The van der Waals surface area contributed by atoms with Gasteiger partial charge in [0.25, 0.3) is 0 Å². The molecule has 1 heterocycles. The van der Waals surface area contributed by atoms with E-state index in [0.717, 1.165) is 6.42 Å². The minimum Gasteiger partial charge on any atom is -0.375 e. The first-order chi connectivity index (χ1) is 6.27. The van der Waals surface area contributed by atoms with Crippen LogP contribution in [-0.4, -0.2) is 50.3 Å². The number of hydrogen-bond donors (Lipinski definition) is 0. The number of carbonyl (C=O) groups is 1. The van der Waals surface area contributed by atoms with Crippen molar-refractivity contribution in [3.63, 3.8) is 0 Å². The fourth-order valence-corrected chi connectivity index (χ4v) is 1.41. The summed E-state index contributed by atoms with van der Waals surface area (Å²) < 4.78 is 10.2. The first kappa shape index (κ1) is 10.5. The highest BCUT2D eigenvalue weighted by atomic mass is 16.5. The third kappa shape index (κ3) is 2.97. The number of morpholine rings is 1. The Hall–Kier alpha value is -0.610. The van der Waals surface area contributed by atoms with Crippen molar-refractivity contribution in [1.29, 1.82) is 0 Å². The molecule has 1 fully saturated rings. The van der Waals surface area contributed by atoms with Crippen LogP contribution in [0.15, 0.2) is 0 Å². The van der Waals surface area contributed by atoms with E-state index in [1.165, 1.54) is 7.11 Å². The molecule has 13 heavy (non-hydrogen) atoms. The van der Waals surface area contributed by atoms with Crippen LogP contribution >= 0.6 is 0 Å². The van der Waals surface area contributed by atoms with Crippen LogP contribution in [0.2, 0.25) is 0 Å². The summed E-state index contributed by atoms with van der Waals surface area (Å²) in [6.45, 7) is 4.29. The molecule has 1 aliphatic heterocycles. The first-order valence-corrected chi connectivity index (χ1v) is 4.66. The zero-order valence-electron chi connectivity index (χ0n) is 8.28. The van der Waals surface area contributed by atoms with Gasteiger partial charge in [0, 0.05) is 20.2 Å². The Kier molecular flexibility index (Phi) is 4.18. The molecule has 1 amide bonds. The maximum Gasteiger partial charge on any atom is 0.248 e. The molecule has 0 saturated carbocycles. The van der Waals surface area contributed by atoms with Crippen LogP contribution in [0.25, 0.3) is 0 Å². The Balaban J connectivity index is 2.37. The molecule has 4 nitrogen and oxygen atoms in total. The lowest BCUT2D eigenvalue weighted by Gasteiger charge is -2.32. The summed E-state index contributed by atoms with van der Waals surface area (Å²) in [5.41, 5.74) is 0. The van der Waals surface area contributed by atoms with E-state index < -0.39 is 0 Å². The second kappa shape index (κ2) is 5.19. The molecular formula is C9H17NO3. The number of nitrogens with zero attached hydrogens (tertiary/aromatic N) is 1. The van der Waals surface area contributed by atoms with Crippen molar-refractivity contribution in [2.75, 3.05) is 33.4 Å². The molecule has 1 aliphatic rings. The molecule has 0 spiro atoms. The van der Waals surface area contributed by atoms with Crippen molar-refractivity contribution in [1.82, 2.24) is 4.90 Å². The summed E-state index contributed by atoms with van der Waals surface area (Å²) in [5, 5.41) is 0. The molecule has 1 atom stereocenters. The first-order valence-electron chi connectivity index (χ1n) is 4.66. The normalized spacial score (nSPS) is 23.2.